The lowest BCUT2D eigenvalue weighted by Crippen LogP contribution is -1.96. The summed E-state index contributed by atoms with van der Waals surface area (Å²) in [5, 5.41) is 0. The zero-order chi connectivity index (χ0) is 14.7. The van der Waals surface area contributed by atoms with Gasteiger partial charge in [0.25, 0.3) is 5.88 Å². The van der Waals surface area contributed by atoms with Gasteiger partial charge in [-0.05, 0) is 46.6 Å². The van der Waals surface area contributed by atoms with Crippen molar-refractivity contribution in [3.05, 3.63) is 47.5 Å². The Bertz CT molecular complexity index is 740. The van der Waals surface area contributed by atoms with Crippen molar-refractivity contribution in [1.29, 1.82) is 0 Å². The Balaban J connectivity index is 1.83. The summed E-state index contributed by atoms with van der Waals surface area (Å²) in [4.78, 5) is 8.56. The SMILES string of the molecule is CCCOc1ccc(Oc2nc(Br)cn3ccnc23)cc1. The van der Waals surface area contributed by atoms with Crippen LogP contribution in [0.15, 0.2) is 47.5 Å². The molecule has 0 spiro atoms. The normalized spacial score (nSPS) is 10.8. The summed E-state index contributed by atoms with van der Waals surface area (Å²) in [6.45, 7) is 2.79. The van der Waals surface area contributed by atoms with Crippen LogP contribution in [0.25, 0.3) is 5.65 Å². The molecule has 0 unspecified atom stereocenters. The first-order valence-electron chi connectivity index (χ1n) is 6.66. The largest absolute Gasteiger partial charge is 0.494 e. The third-order valence-corrected chi connectivity index (χ3v) is 3.21. The molecule has 2 heterocycles. The molecule has 0 amide bonds. The average Bonchev–Trinajstić information content (AvgIpc) is 2.95. The summed E-state index contributed by atoms with van der Waals surface area (Å²) in [5.41, 5.74) is 0.671. The van der Waals surface area contributed by atoms with Gasteiger partial charge in [-0.3, -0.25) is 4.40 Å². The van der Waals surface area contributed by atoms with Crippen molar-refractivity contribution in [2.24, 2.45) is 0 Å². The maximum atomic E-state index is 5.81. The number of aromatic nitrogens is 3. The minimum atomic E-state index is 0.455. The zero-order valence-corrected chi connectivity index (χ0v) is 13.1. The van der Waals surface area contributed by atoms with Gasteiger partial charge in [0.2, 0.25) is 5.65 Å². The van der Waals surface area contributed by atoms with E-state index in [1.165, 1.54) is 0 Å². The first-order valence-corrected chi connectivity index (χ1v) is 7.45. The number of fused-ring (bicyclic) bond motifs is 1. The highest BCUT2D eigenvalue weighted by atomic mass is 79.9. The maximum Gasteiger partial charge on any atom is 0.264 e. The summed E-state index contributed by atoms with van der Waals surface area (Å²) in [6, 6.07) is 7.47. The maximum absolute atomic E-state index is 5.81. The predicted octanol–water partition coefficient (Wildman–Crippen LogP) is 4.07. The fourth-order valence-corrected chi connectivity index (χ4v) is 2.26. The summed E-state index contributed by atoms with van der Waals surface area (Å²) in [5.74, 6) is 1.98. The van der Waals surface area contributed by atoms with Crippen molar-refractivity contribution in [3.8, 4) is 17.4 Å². The second-order valence-electron chi connectivity index (χ2n) is 4.45. The van der Waals surface area contributed by atoms with Crippen molar-refractivity contribution in [3.63, 3.8) is 0 Å². The molecule has 2 aromatic heterocycles. The van der Waals surface area contributed by atoms with Crippen LogP contribution in [0, 0.1) is 0 Å². The fourth-order valence-electron chi connectivity index (χ4n) is 1.88. The lowest BCUT2D eigenvalue weighted by atomic mass is 10.3. The van der Waals surface area contributed by atoms with Gasteiger partial charge in [0.05, 0.1) is 6.61 Å². The fraction of sp³-hybridized carbons (Fsp3) is 0.200. The number of nitrogens with zero attached hydrogens (tertiary/aromatic N) is 3. The van der Waals surface area contributed by atoms with Gasteiger partial charge < -0.3 is 9.47 Å². The van der Waals surface area contributed by atoms with Crippen molar-refractivity contribution in [2.75, 3.05) is 6.61 Å². The Hall–Kier alpha value is -2.08. The number of benzene rings is 1. The summed E-state index contributed by atoms with van der Waals surface area (Å²) < 4.78 is 13.9. The third-order valence-electron chi connectivity index (χ3n) is 2.83. The molecule has 108 valence electrons. The molecule has 0 bridgehead atoms. The topological polar surface area (TPSA) is 48.7 Å². The molecule has 0 aliphatic carbocycles. The van der Waals surface area contributed by atoms with Crippen LogP contribution in [0.1, 0.15) is 13.3 Å². The molecular weight excluding hydrogens is 334 g/mol. The molecule has 0 atom stereocenters. The lowest BCUT2D eigenvalue weighted by Gasteiger charge is -2.08. The van der Waals surface area contributed by atoms with E-state index in [9.17, 15) is 0 Å². The van der Waals surface area contributed by atoms with Gasteiger partial charge in [-0.25, -0.2) is 9.97 Å². The van der Waals surface area contributed by atoms with Gasteiger partial charge in [-0.1, -0.05) is 6.92 Å². The quantitative estimate of drug-likeness (QED) is 0.697. The van der Waals surface area contributed by atoms with Crippen molar-refractivity contribution >= 4 is 21.6 Å². The number of rotatable bonds is 5. The van der Waals surface area contributed by atoms with Gasteiger partial charge in [0.1, 0.15) is 16.1 Å². The Morgan fingerprint density at radius 3 is 2.71 bits per heavy atom. The van der Waals surface area contributed by atoms with Crippen molar-refractivity contribution in [1.82, 2.24) is 14.4 Å². The first kappa shape index (κ1) is 13.9. The van der Waals surface area contributed by atoms with Crippen LogP contribution in [0.4, 0.5) is 0 Å². The molecule has 0 saturated carbocycles. The minimum Gasteiger partial charge on any atom is -0.494 e. The van der Waals surface area contributed by atoms with E-state index in [1.807, 2.05) is 41.1 Å². The molecule has 6 heteroatoms. The monoisotopic (exact) mass is 347 g/mol. The summed E-state index contributed by atoms with van der Waals surface area (Å²) >= 11 is 3.36. The van der Waals surface area contributed by atoms with Gasteiger partial charge in [-0.15, -0.1) is 0 Å². The molecule has 1 aromatic carbocycles. The first-order chi connectivity index (χ1) is 10.3. The molecule has 0 aliphatic heterocycles. The minimum absolute atomic E-state index is 0.455. The molecule has 21 heavy (non-hydrogen) atoms. The van der Waals surface area contributed by atoms with Crippen LogP contribution in [0.5, 0.6) is 17.4 Å². The predicted molar refractivity (Wildman–Crippen MR) is 83.0 cm³/mol. The van der Waals surface area contributed by atoms with E-state index in [0.29, 0.717) is 28.5 Å². The van der Waals surface area contributed by atoms with E-state index in [2.05, 4.69) is 32.8 Å². The number of hydrogen-bond donors (Lipinski definition) is 0. The van der Waals surface area contributed by atoms with Crippen LogP contribution in [-0.2, 0) is 0 Å². The summed E-state index contributed by atoms with van der Waals surface area (Å²) in [7, 11) is 0. The Kier molecular flexibility index (Phi) is 4.06. The Labute approximate surface area is 130 Å². The van der Waals surface area contributed by atoms with Crippen LogP contribution in [-0.4, -0.2) is 21.0 Å². The van der Waals surface area contributed by atoms with E-state index in [4.69, 9.17) is 9.47 Å². The average molecular weight is 348 g/mol. The van der Waals surface area contributed by atoms with E-state index in [-0.39, 0.29) is 0 Å². The van der Waals surface area contributed by atoms with Crippen LogP contribution in [0.2, 0.25) is 0 Å². The molecule has 0 aliphatic rings. The van der Waals surface area contributed by atoms with E-state index >= 15 is 0 Å². The lowest BCUT2D eigenvalue weighted by molar-refractivity contribution is 0.317. The van der Waals surface area contributed by atoms with Crippen molar-refractivity contribution in [2.45, 2.75) is 13.3 Å². The molecule has 5 nitrogen and oxygen atoms in total. The van der Waals surface area contributed by atoms with Crippen LogP contribution >= 0.6 is 15.9 Å². The summed E-state index contributed by atoms with van der Waals surface area (Å²) in [6.07, 6.45) is 6.36. The zero-order valence-electron chi connectivity index (χ0n) is 11.5. The van der Waals surface area contributed by atoms with Gasteiger partial charge in [0, 0.05) is 18.6 Å². The molecule has 0 fully saturated rings. The van der Waals surface area contributed by atoms with Crippen LogP contribution < -0.4 is 9.47 Å². The van der Waals surface area contributed by atoms with E-state index in [0.717, 1.165) is 12.2 Å². The molecule has 3 aromatic rings. The molecular formula is C15H14BrN3O2. The van der Waals surface area contributed by atoms with Gasteiger partial charge in [0.15, 0.2) is 0 Å². The number of halogens is 1. The number of ether oxygens (including phenoxy) is 2. The Morgan fingerprint density at radius 1 is 1.19 bits per heavy atom. The standard InChI is InChI=1S/C15H14BrN3O2/c1-2-9-20-11-3-5-12(6-4-11)21-15-14-17-7-8-19(14)10-13(16)18-15/h3-8,10H,2,9H2,1H3. The second-order valence-corrected chi connectivity index (χ2v) is 5.26. The van der Waals surface area contributed by atoms with Crippen molar-refractivity contribution < 1.29 is 9.47 Å². The smallest absolute Gasteiger partial charge is 0.264 e. The molecule has 0 radical (unpaired) electrons. The number of hydrogen-bond acceptors (Lipinski definition) is 4. The second kappa shape index (κ2) is 6.13. The highest BCUT2D eigenvalue weighted by Crippen LogP contribution is 2.26. The van der Waals surface area contributed by atoms with Crippen LogP contribution in [0.3, 0.4) is 0 Å². The van der Waals surface area contributed by atoms with Gasteiger partial charge in [-0.2, -0.15) is 0 Å². The van der Waals surface area contributed by atoms with E-state index < -0.39 is 0 Å². The number of imidazole rings is 1. The molecule has 0 saturated heterocycles. The van der Waals surface area contributed by atoms with Gasteiger partial charge >= 0.3 is 0 Å². The molecule has 3 rings (SSSR count). The highest BCUT2D eigenvalue weighted by Gasteiger charge is 2.09. The Morgan fingerprint density at radius 2 is 1.95 bits per heavy atom. The van der Waals surface area contributed by atoms with E-state index in [1.54, 1.807) is 6.20 Å². The molecule has 0 N–H and O–H groups in total. The third kappa shape index (κ3) is 3.16. The highest BCUT2D eigenvalue weighted by molar-refractivity contribution is 9.10.